The van der Waals surface area contributed by atoms with E-state index in [1.807, 2.05) is 19.9 Å². The largest absolute Gasteiger partial charge is 0.459 e. The van der Waals surface area contributed by atoms with Crippen LogP contribution in [0.1, 0.15) is 47.5 Å². The van der Waals surface area contributed by atoms with Crippen molar-refractivity contribution < 1.29 is 9.21 Å². The molecule has 0 fully saturated rings. The molecule has 0 aliphatic heterocycles. The quantitative estimate of drug-likeness (QED) is 0.696. The first-order chi connectivity index (χ1) is 11.6. The van der Waals surface area contributed by atoms with Crippen LogP contribution in [-0.2, 0) is 6.54 Å². The molecular formula is C17H21N5O2. The number of carbonyl (C=O) groups excluding carboxylic acids is 1. The van der Waals surface area contributed by atoms with Gasteiger partial charge in [-0.05, 0) is 38.5 Å². The van der Waals surface area contributed by atoms with Crippen molar-refractivity contribution in [2.24, 2.45) is 0 Å². The molecule has 7 nitrogen and oxygen atoms in total. The molecule has 0 aromatic carbocycles. The number of hydrogen-bond donors (Lipinski definition) is 0. The summed E-state index contributed by atoms with van der Waals surface area (Å²) in [5, 5.41) is 4.48. The van der Waals surface area contributed by atoms with Crippen molar-refractivity contribution in [1.82, 2.24) is 24.5 Å². The molecule has 0 N–H and O–H groups in total. The monoisotopic (exact) mass is 327 g/mol. The third-order valence-electron chi connectivity index (χ3n) is 3.80. The third-order valence-corrected chi connectivity index (χ3v) is 3.80. The number of hydrogen-bond acceptors (Lipinski definition) is 5. The van der Waals surface area contributed by atoms with Gasteiger partial charge in [-0.25, -0.2) is 9.50 Å². The van der Waals surface area contributed by atoms with Crippen molar-refractivity contribution >= 4 is 11.7 Å². The molecule has 3 aromatic rings. The molecule has 24 heavy (non-hydrogen) atoms. The van der Waals surface area contributed by atoms with Crippen molar-refractivity contribution in [2.45, 2.75) is 40.2 Å². The van der Waals surface area contributed by atoms with Gasteiger partial charge >= 0.3 is 0 Å². The third kappa shape index (κ3) is 3.29. The fourth-order valence-corrected chi connectivity index (χ4v) is 2.60. The van der Waals surface area contributed by atoms with E-state index in [1.165, 1.54) is 6.26 Å². The summed E-state index contributed by atoms with van der Waals surface area (Å²) in [5.74, 6) is 1.32. The maximum absolute atomic E-state index is 12.6. The SMILES string of the molecule is CCCCN(Cc1nc2nc(C)cc(C)n2n1)C(=O)c1ccco1. The normalized spacial score (nSPS) is 11.1. The van der Waals surface area contributed by atoms with Crippen LogP contribution in [0, 0.1) is 13.8 Å². The minimum Gasteiger partial charge on any atom is -0.459 e. The zero-order chi connectivity index (χ0) is 17.1. The highest BCUT2D eigenvalue weighted by Crippen LogP contribution is 2.12. The Kier molecular flexibility index (Phi) is 4.59. The number of carbonyl (C=O) groups is 1. The Hall–Kier alpha value is -2.70. The van der Waals surface area contributed by atoms with E-state index in [0.717, 1.165) is 24.2 Å². The summed E-state index contributed by atoms with van der Waals surface area (Å²) in [6, 6.07) is 5.34. The maximum atomic E-state index is 12.6. The van der Waals surface area contributed by atoms with Gasteiger partial charge in [0.15, 0.2) is 11.6 Å². The topological polar surface area (TPSA) is 76.5 Å². The molecule has 0 spiro atoms. The van der Waals surface area contributed by atoms with Gasteiger partial charge in [0, 0.05) is 17.9 Å². The number of rotatable bonds is 6. The zero-order valence-corrected chi connectivity index (χ0v) is 14.2. The van der Waals surface area contributed by atoms with Gasteiger partial charge in [0.25, 0.3) is 11.7 Å². The summed E-state index contributed by atoms with van der Waals surface area (Å²) in [6.45, 7) is 6.95. The van der Waals surface area contributed by atoms with E-state index in [9.17, 15) is 4.79 Å². The van der Waals surface area contributed by atoms with Crippen molar-refractivity contribution in [2.75, 3.05) is 6.54 Å². The Morgan fingerprint density at radius 3 is 2.88 bits per heavy atom. The van der Waals surface area contributed by atoms with E-state index in [4.69, 9.17) is 4.42 Å². The molecule has 7 heteroatoms. The highest BCUT2D eigenvalue weighted by atomic mass is 16.3. The Balaban J connectivity index is 1.86. The van der Waals surface area contributed by atoms with Crippen LogP contribution in [0.2, 0.25) is 0 Å². The molecule has 126 valence electrons. The molecule has 3 rings (SSSR count). The van der Waals surface area contributed by atoms with Crippen LogP contribution in [0.4, 0.5) is 0 Å². The van der Waals surface area contributed by atoms with Crippen LogP contribution in [0.25, 0.3) is 5.78 Å². The first-order valence-corrected chi connectivity index (χ1v) is 8.11. The van der Waals surface area contributed by atoms with Gasteiger partial charge in [0.2, 0.25) is 0 Å². The highest BCUT2D eigenvalue weighted by Gasteiger charge is 2.20. The summed E-state index contributed by atoms with van der Waals surface area (Å²) in [7, 11) is 0. The lowest BCUT2D eigenvalue weighted by atomic mass is 10.3. The second kappa shape index (κ2) is 6.82. The average Bonchev–Trinajstić information content (AvgIpc) is 3.20. The molecule has 0 aliphatic carbocycles. The fourth-order valence-electron chi connectivity index (χ4n) is 2.60. The predicted octanol–water partition coefficient (Wildman–Crippen LogP) is 2.78. The molecule has 3 aromatic heterocycles. The van der Waals surface area contributed by atoms with Crippen LogP contribution >= 0.6 is 0 Å². The molecule has 0 aliphatic rings. The standard InChI is InChI=1S/C17H21N5O2/c1-4-5-8-21(16(23)14-7-6-9-24-14)11-15-19-17-18-12(2)10-13(3)22(17)20-15/h6-7,9-10H,4-5,8,11H2,1-3H3. The van der Waals surface area contributed by atoms with Crippen LogP contribution in [-0.4, -0.2) is 36.9 Å². The number of furan rings is 1. The van der Waals surface area contributed by atoms with Gasteiger partial charge in [-0.3, -0.25) is 4.79 Å². The number of amides is 1. The molecule has 3 heterocycles. The molecule has 0 bridgehead atoms. The van der Waals surface area contributed by atoms with Crippen LogP contribution < -0.4 is 0 Å². The van der Waals surface area contributed by atoms with E-state index >= 15 is 0 Å². The summed E-state index contributed by atoms with van der Waals surface area (Å²) < 4.78 is 6.94. The minimum atomic E-state index is -0.145. The van der Waals surface area contributed by atoms with Crippen molar-refractivity contribution in [3.05, 3.63) is 47.4 Å². The van der Waals surface area contributed by atoms with Crippen LogP contribution in [0.5, 0.6) is 0 Å². The molecule has 0 radical (unpaired) electrons. The van der Waals surface area contributed by atoms with E-state index in [-0.39, 0.29) is 5.91 Å². The lowest BCUT2D eigenvalue weighted by molar-refractivity contribution is 0.0704. The molecule has 0 atom stereocenters. The summed E-state index contributed by atoms with van der Waals surface area (Å²) >= 11 is 0. The Morgan fingerprint density at radius 1 is 1.33 bits per heavy atom. The summed E-state index contributed by atoms with van der Waals surface area (Å²) in [4.78, 5) is 23.2. The molecule has 0 saturated heterocycles. The van der Waals surface area contributed by atoms with Gasteiger partial charge in [-0.1, -0.05) is 13.3 Å². The van der Waals surface area contributed by atoms with Gasteiger partial charge in [0.1, 0.15) is 0 Å². The highest BCUT2D eigenvalue weighted by molar-refractivity contribution is 5.91. The smallest absolute Gasteiger partial charge is 0.289 e. The van der Waals surface area contributed by atoms with Crippen LogP contribution in [0.3, 0.4) is 0 Å². The first kappa shape index (κ1) is 16.2. The maximum Gasteiger partial charge on any atom is 0.289 e. The lowest BCUT2D eigenvalue weighted by Crippen LogP contribution is -2.31. The van der Waals surface area contributed by atoms with E-state index in [0.29, 0.717) is 30.5 Å². The number of aromatic nitrogens is 4. The summed E-state index contributed by atoms with van der Waals surface area (Å²) in [5.41, 5.74) is 1.86. The van der Waals surface area contributed by atoms with E-state index < -0.39 is 0 Å². The molecule has 1 amide bonds. The number of unbranched alkanes of at least 4 members (excludes halogenated alkanes) is 1. The predicted molar refractivity (Wildman–Crippen MR) is 88.6 cm³/mol. The average molecular weight is 327 g/mol. The number of nitrogens with zero attached hydrogens (tertiary/aromatic N) is 5. The second-order valence-electron chi connectivity index (χ2n) is 5.84. The minimum absolute atomic E-state index is 0.145. The van der Waals surface area contributed by atoms with Crippen LogP contribution in [0.15, 0.2) is 28.9 Å². The fraction of sp³-hybridized carbons (Fsp3) is 0.412. The van der Waals surface area contributed by atoms with Crippen molar-refractivity contribution in [3.8, 4) is 0 Å². The number of aryl methyl sites for hydroxylation is 2. The molecular weight excluding hydrogens is 306 g/mol. The molecule has 0 saturated carbocycles. The first-order valence-electron chi connectivity index (χ1n) is 8.11. The Morgan fingerprint density at radius 2 is 2.17 bits per heavy atom. The lowest BCUT2D eigenvalue weighted by Gasteiger charge is -2.19. The zero-order valence-electron chi connectivity index (χ0n) is 14.2. The van der Waals surface area contributed by atoms with Gasteiger partial charge in [0.05, 0.1) is 12.8 Å². The van der Waals surface area contributed by atoms with Crippen molar-refractivity contribution in [1.29, 1.82) is 0 Å². The van der Waals surface area contributed by atoms with Gasteiger partial charge < -0.3 is 9.32 Å². The van der Waals surface area contributed by atoms with Gasteiger partial charge in [-0.2, -0.15) is 4.98 Å². The van der Waals surface area contributed by atoms with Gasteiger partial charge in [-0.15, -0.1) is 5.10 Å². The van der Waals surface area contributed by atoms with E-state index in [1.54, 1.807) is 21.5 Å². The van der Waals surface area contributed by atoms with E-state index in [2.05, 4.69) is 22.0 Å². The van der Waals surface area contributed by atoms with Crippen molar-refractivity contribution in [3.63, 3.8) is 0 Å². The number of fused-ring (bicyclic) bond motifs is 1. The second-order valence-corrected chi connectivity index (χ2v) is 5.84. The summed E-state index contributed by atoms with van der Waals surface area (Å²) in [6.07, 6.45) is 3.42. The Labute approximate surface area is 140 Å². The Bertz CT molecular complexity index is 838. The molecule has 0 unspecified atom stereocenters.